The molecule has 8 heteroatoms. The lowest BCUT2D eigenvalue weighted by molar-refractivity contribution is -0.122. The maximum Gasteiger partial charge on any atom is 0.266 e. The smallest absolute Gasteiger partial charge is 0.266 e. The van der Waals surface area contributed by atoms with Gasteiger partial charge in [0, 0.05) is 10.4 Å². The van der Waals surface area contributed by atoms with Crippen LogP contribution in [0.2, 0.25) is 10.0 Å². The van der Waals surface area contributed by atoms with Gasteiger partial charge in [0.25, 0.3) is 5.91 Å². The molecular formula is C15H17Cl2N3O2S. The van der Waals surface area contributed by atoms with Crippen LogP contribution in [0.25, 0.3) is 0 Å². The number of carbonyl (C=O) groups is 1. The molecule has 23 heavy (non-hydrogen) atoms. The Kier molecular flexibility index (Phi) is 5.49. The molecule has 0 fully saturated rings. The summed E-state index contributed by atoms with van der Waals surface area (Å²) in [5, 5.41) is 12.9. The van der Waals surface area contributed by atoms with Crippen molar-refractivity contribution in [3.63, 3.8) is 0 Å². The van der Waals surface area contributed by atoms with E-state index in [1.54, 1.807) is 25.1 Å². The van der Waals surface area contributed by atoms with E-state index in [4.69, 9.17) is 27.9 Å². The molecule has 0 aliphatic carbocycles. The minimum atomic E-state index is -0.740. The lowest BCUT2D eigenvalue weighted by Crippen LogP contribution is -2.30. The first-order chi connectivity index (χ1) is 10.7. The van der Waals surface area contributed by atoms with Gasteiger partial charge in [0.05, 0.1) is 5.02 Å². The zero-order chi connectivity index (χ0) is 17.2. The Morgan fingerprint density at radius 3 is 2.57 bits per heavy atom. The number of nitrogens with zero attached hydrogens (tertiary/aromatic N) is 2. The Bertz CT molecular complexity index is 713. The van der Waals surface area contributed by atoms with Gasteiger partial charge in [0.2, 0.25) is 5.13 Å². The van der Waals surface area contributed by atoms with E-state index in [-0.39, 0.29) is 11.3 Å². The third kappa shape index (κ3) is 4.80. The number of benzene rings is 1. The third-order valence-corrected chi connectivity index (χ3v) is 4.66. The number of rotatable bonds is 4. The SMILES string of the molecule is CC(Oc1ccc(Cl)cc1Cl)C(=O)Nc1nnc(C(C)(C)C)s1. The lowest BCUT2D eigenvalue weighted by Gasteiger charge is -2.15. The monoisotopic (exact) mass is 373 g/mol. The minimum absolute atomic E-state index is 0.112. The second kappa shape index (κ2) is 7.03. The second-order valence-electron chi connectivity index (χ2n) is 5.99. The molecule has 124 valence electrons. The summed E-state index contributed by atoms with van der Waals surface area (Å²) >= 11 is 13.2. The number of ether oxygens (including phenoxy) is 1. The molecule has 0 radical (unpaired) electrons. The van der Waals surface area contributed by atoms with Crippen molar-refractivity contribution in [3.8, 4) is 5.75 Å². The van der Waals surface area contributed by atoms with Gasteiger partial charge in [-0.25, -0.2) is 0 Å². The zero-order valence-corrected chi connectivity index (χ0v) is 15.5. The number of hydrogen-bond donors (Lipinski definition) is 1. The molecule has 0 saturated heterocycles. The number of anilines is 1. The summed E-state index contributed by atoms with van der Waals surface area (Å²) < 4.78 is 5.56. The van der Waals surface area contributed by atoms with Crippen LogP contribution in [0, 0.1) is 0 Å². The first-order valence-corrected chi connectivity index (χ1v) is 8.50. The number of halogens is 2. The van der Waals surface area contributed by atoms with E-state index in [2.05, 4.69) is 15.5 Å². The molecule has 0 aliphatic rings. The fourth-order valence-electron chi connectivity index (χ4n) is 1.60. The summed E-state index contributed by atoms with van der Waals surface area (Å²) in [5.41, 5.74) is -0.112. The summed E-state index contributed by atoms with van der Waals surface area (Å²) in [6.45, 7) is 7.74. The number of nitrogens with one attached hydrogen (secondary N) is 1. The number of carbonyl (C=O) groups excluding carboxylic acids is 1. The van der Waals surface area contributed by atoms with Crippen molar-refractivity contribution in [2.45, 2.75) is 39.2 Å². The van der Waals surface area contributed by atoms with Crippen LogP contribution in [-0.4, -0.2) is 22.2 Å². The molecule has 1 aromatic heterocycles. The average Bonchev–Trinajstić information content (AvgIpc) is 2.90. The third-order valence-electron chi connectivity index (χ3n) is 2.86. The molecule has 0 saturated carbocycles. The van der Waals surface area contributed by atoms with Crippen molar-refractivity contribution in [1.82, 2.24) is 10.2 Å². The maximum absolute atomic E-state index is 12.2. The standard InChI is InChI=1S/C15H17Cl2N3O2S/c1-8(22-11-6-5-9(16)7-10(11)17)12(21)18-14-20-19-13(23-14)15(2,3)4/h5-8H,1-4H3,(H,18,20,21). The maximum atomic E-state index is 12.2. The van der Waals surface area contributed by atoms with Gasteiger partial charge in [-0.3, -0.25) is 10.1 Å². The molecule has 0 spiro atoms. The van der Waals surface area contributed by atoms with Crippen molar-refractivity contribution < 1.29 is 9.53 Å². The van der Waals surface area contributed by atoms with Crippen molar-refractivity contribution in [2.75, 3.05) is 5.32 Å². The van der Waals surface area contributed by atoms with Crippen LogP contribution in [0.15, 0.2) is 18.2 Å². The van der Waals surface area contributed by atoms with E-state index in [9.17, 15) is 4.79 Å². The largest absolute Gasteiger partial charge is 0.479 e. The van der Waals surface area contributed by atoms with Gasteiger partial charge in [-0.1, -0.05) is 55.3 Å². The molecule has 1 amide bonds. The molecule has 1 atom stereocenters. The van der Waals surface area contributed by atoms with Gasteiger partial charge in [0.1, 0.15) is 10.8 Å². The number of hydrogen-bond acceptors (Lipinski definition) is 5. The first-order valence-electron chi connectivity index (χ1n) is 6.93. The van der Waals surface area contributed by atoms with Crippen LogP contribution in [-0.2, 0) is 10.2 Å². The normalized spacial score (nSPS) is 12.8. The van der Waals surface area contributed by atoms with E-state index in [1.165, 1.54) is 11.3 Å². The quantitative estimate of drug-likeness (QED) is 0.853. The summed E-state index contributed by atoms with van der Waals surface area (Å²) in [5.74, 6) is 0.0685. The van der Waals surface area contributed by atoms with Gasteiger partial charge in [-0.05, 0) is 25.1 Å². The minimum Gasteiger partial charge on any atom is -0.479 e. The van der Waals surface area contributed by atoms with E-state index in [1.807, 2.05) is 20.8 Å². The average molecular weight is 374 g/mol. The van der Waals surface area contributed by atoms with E-state index < -0.39 is 6.10 Å². The fourth-order valence-corrected chi connectivity index (χ4v) is 2.86. The molecule has 2 aromatic rings. The Balaban J connectivity index is 2.01. The Hall–Kier alpha value is -1.37. The molecule has 1 N–H and O–H groups in total. The molecule has 0 aliphatic heterocycles. The molecule has 5 nitrogen and oxygen atoms in total. The summed E-state index contributed by atoms with van der Waals surface area (Å²) in [7, 11) is 0. The second-order valence-corrected chi connectivity index (χ2v) is 7.81. The number of amides is 1. The Labute approximate surface area is 149 Å². The predicted octanol–water partition coefficient (Wildman–Crippen LogP) is 4.55. The molecule has 1 unspecified atom stereocenters. The van der Waals surface area contributed by atoms with Crippen LogP contribution in [0.1, 0.15) is 32.7 Å². The molecule has 2 rings (SSSR count). The lowest BCUT2D eigenvalue weighted by atomic mass is 9.98. The summed E-state index contributed by atoms with van der Waals surface area (Å²) in [6, 6.07) is 4.83. The van der Waals surface area contributed by atoms with Crippen LogP contribution in [0.4, 0.5) is 5.13 Å². The van der Waals surface area contributed by atoms with E-state index in [0.717, 1.165) is 5.01 Å². The van der Waals surface area contributed by atoms with Crippen molar-refractivity contribution in [2.24, 2.45) is 0 Å². The van der Waals surface area contributed by atoms with Crippen molar-refractivity contribution in [1.29, 1.82) is 0 Å². The zero-order valence-electron chi connectivity index (χ0n) is 13.2. The van der Waals surface area contributed by atoms with Crippen molar-refractivity contribution >= 4 is 45.6 Å². The van der Waals surface area contributed by atoms with Gasteiger partial charge < -0.3 is 4.74 Å². The summed E-state index contributed by atoms with van der Waals surface area (Å²) in [4.78, 5) is 12.2. The first kappa shape index (κ1) is 18.0. The van der Waals surface area contributed by atoms with Crippen LogP contribution in [0.5, 0.6) is 5.75 Å². The van der Waals surface area contributed by atoms with Gasteiger partial charge in [0.15, 0.2) is 6.10 Å². The highest BCUT2D eigenvalue weighted by molar-refractivity contribution is 7.15. The van der Waals surface area contributed by atoms with Crippen molar-refractivity contribution in [3.05, 3.63) is 33.3 Å². The highest BCUT2D eigenvalue weighted by Gasteiger charge is 2.22. The van der Waals surface area contributed by atoms with E-state index >= 15 is 0 Å². The highest BCUT2D eigenvalue weighted by atomic mass is 35.5. The van der Waals surface area contributed by atoms with Gasteiger partial charge in [-0.2, -0.15) is 0 Å². The molecular weight excluding hydrogens is 357 g/mol. The molecule has 0 bridgehead atoms. The predicted molar refractivity (Wildman–Crippen MR) is 93.8 cm³/mol. The molecule has 1 heterocycles. The van der Waals surface area contributed by atoms with Crippen LogP contribution < -0.4 is 10.1 Å². The number of aromatic nitrogens is 2. The van der Waals surface area contributed by atoms with Gasteiger partial charge in [-0.15, -0.1) is 10.2 Å². The fraction of sp³-hybridized carbons (Fsp3) is 0.400. The Morgan fingerprint density at radius 2 is 2.00 bits per heavy atom. The highest BCUT2D eigenvalue weighted by Crippen LogP contribution is 2.29. The van der Waals surface area contributed by atoms with Crippen LogP contribution in [0.3, 0.4) is 0 Å². The van der Waals surface area contributed by atoms with Crippen LogP contribution >= 0.6 is 34.5 Å². The van der Waals surface area contributed by atoms with Gasteiger partial charge >= 0.3 is 0 Å². The Morgan fingerprint density at radius 1 is 1.30 bits per heavy atom. The van der Waals surface area contributed by atoms with E-state index in [0.29, 0.717) is 20.9 Å². The summed E-state index contributed by atoms with van der Waals surface area (Å²) in [6.07, 6.45) is -0.740. The topological polar surface area (TPSA) is 64.1 Å². The molecule has 1 aromatic carbocycles.